The van der Waals surface area contributed by atoms with Gasteiger partial charge in [0.1, 0.15) is 6.04 Å². The fourth-order valence-corrected chi connectivity index (χ4v) is 3.91. The lowest BCUT2D eigenvalue weighted by Gasteiger charge is -2.33. The number of aryl methyl sites for hydroxylation is 1. The topological polar surface area (TPSA) is 70.5 Å². The van der Waals surface area contributed by atoms with Crippen molar-refractivity contribution < 1.29 is 14.7 Å². The molecule has 3 atom stereocenters. The summed E-state index contributed by atoms with van der Waals surface area (Å²) >= 11 is 0. The molecule has 1 aromatic rings. The van der Waals surface area contributed by atoms with Crippen molar-refractivity contribution in [2.75, 3.05) is 0 Å². The fourth-order valence-electron chi connectivity index (χ4n) is 3.91. The van der Waals surface area contributed by atoms with Crippen molar-refractivity contribution >= 4 is 11.9 Å². The molecule has 0 bridgehead atoms. The van der Waals surface area contributed by atoms with Crippen LogP contribution in [0, 0.1) is 12.8 Å². The molecular formula is C17H22N2O3. The average molecular weight is 302 g/mol. The number of aliphatic carboxylic acids is 1. The maximum Gasteiger partial charge on any atom is 0.326 e. The lowest BCUT2D eigenvalue weighted by Crippen LogP contribution is -2.46. The molecule has 3 rings (SSSR count). The average Bonchev–Trinajstić information content (AvgIpc) is 2.89. The minimum Gasteiger partial charge on any atom is -0.480 e. The smallest absolute Gasteiger partial charge is 0.326 e. The van der Waals surface area contributed by atoms with E-state index in [9.17, 15) is 14.7 Å². The number of carbonyl (C=O) groups is 2. The van der Waals surface area contributed by atoms with Crippen LogP contribution >= 0.6 is 0 Å². The molecule has 2 aliphatic rings. The first-order valence-corrected chi connectivity index (χ1v) is 8.02. The van der Waals surface area contributed by atoms with Crippen molar-refractivity contribution in [1.82, 2.24) is 9.88 Å². The Labute approximate surface area is 130 Å². The van der Waals surface area contributed by atoms with E-state index in [0.717, 1.165) is 36.9 Å². The third-order valence-electron chi connectivity index (χ3n) is 4.99. The van der Waals surface area contributed by atoms with Crippen LogP contribution in [0.3, 0.4) is 0 Å². The zero-order valence-corrected chi connectivity index (χ0v) is 12.9. The minimum atomic E-state index is -0.871. The summed E-state index contributed by atoms with van der Waals surface area (Å²) in [4.78, 5) is 30.1. The third-order valence-corrected chi connectivity index (χ3v) is 4.99. The molecule has 5 heteroatoms. The van der Waals surface area contributed by atoms with Gasteiger partial charge in [-0.2, -0.15) is 0 Å². The van der Waals surface area contributed by atoms with Gasteiger partial charge in [-0.25, -0.2) is 4.79 Å². The Bertz CT molecular complexity index is 570. The van der Waals surface area contributed by atoms with Gasteiger partial charge in [0.2, 0.25) is 5.91 Å². The summed E-state index contributed by atoms with van der Waals surface area (Å²) < 4.78 is 0. The number of nitrogens with zero attached hydrogens (tertiary/aromatic N) is 2. The largest absolute Gasteiger partial charge is 0.480 e. The molecule has 1 saturated carbocycles. The molecule has 1 amide bonds. The van der Waals surface area contributed by atoms with Crippen LogP contribution in [0.5, 0.6) is 0 Å². The number of rotatable bonds is 3. The summed E-state index contributed by atoms with van der Waals surface area (Å²) in [5.74, 6) is -0.591. The number of carboxylic acids is 1. The van der Waals surface area contributed by atoms with Gasteiger partial charge >= 0.3 is 5.97 Å². The molecule has 0 spiro atoms. The highest BCUT2D eigenvalue weighted by atomic mass is 16.4. The van der Waals surface area contributed by atoms with Gasteiger partial charge in [0.25, 0.3) is 0 Å². The molecule has 0 unspecified atom stereocenters. The number of fused-ring (bicyclic) bond motifs is 1. The van der Waals surface area contributed by atoms with Crippen LogP contribution in [0.4, 0.5) is 0 Å². The number of pyridine rings is 1. The van der Waals surface area contributed by atoms with Crippen LogP contribution in [-0.4, -0.2) is 39.0 Å². The molecule has 1 saturated heterocycles. The normalized spacial score (nSPS) is 27.5. The molecule has 5 nitrogen and oxygen atoms in total. The second kappa shape index (κ2) is 6.07. The summed E-state index contributed by atoms with van der Waals surface area (Å²) in [7, 11) is 0. The molecule has 0 aromatic carbocycles. The van der Waals surface area contributed by atoms with Crippen molar-refractivity contribution in [2.45, 2.75) is 57.5 Å². The lowest BCUT2D eigenvalue weighted by atomic mass is 9.84. The van der Waals surface area contributed by atoms with Crippen LogP contribution in [-0.2, 0) is 16.0 Å². The number of amides is 1. The van der Waals surface area contributed by atoms with Gasteiger partial charge in [0.15, 0.2) is 0 Å². The van der Waals surface area contributed by atoms with Gasteiger partial charge in [0, 0.05) is 17.9 Å². The molecule has 118 valence electrons. The molecule has 1 aliphatic carbocycles. The summed E-state index contributed by atoms with van der Waals surface area (Å²) in [6.07, 6.45) is 6.77. The van der Waals surface area contributed by atoms with Gasteiger partial charge in [-0.15, -0.1) is 0 Å². The molecule has 2 fully saturated rings. The zero-order valence-electron chi connectivity index (χ0n) is 12.9. The van der Waals surface area contributed by atoms with Crippen molar-refractivity contribution in [3.8, 4) is 0 Å². The quantitative estimate of drug-likeness (QED) is 0.929. The molecule has 1 aromatic heterocycles. The number of carbonyl (C=O) groups excluding carboxylic acids is 1. The van der Waals surface area contributed by atoms with E-state index in [2.05, 4.69) is 4.98 Å². The minimum absolute atomic E-state index is 0.0764. The van der Waals surface area contributed by atoms with Gasteiger partial charge in [-0.05, 0) is 43.7 Å². The predicted octanol–water partition coefficient (Wildman–Crippen LogP) is 2.18. The van der Waals surface area contributed by atoms with E-state index in [-0.39, 0.29) is 18.4 Å². The van der Waals surface area contributed by atoms with E-state index in [1.54, 1.807) is 11.1 Å². The Balaban J connectivity index is 1.78. The molecule has 1 N–H and O–H groups in total. The highest BCUT2D eigenvalue weighted by Gasteiger charge is 2.47. The highest BCUT2D eigenvalue weighted by Crippen LogP contribution is 2.40. The van der Waals surface area contributed by atoms with Crippen LogP contribution in [0.25, 0.3) is 0 Å². The molecule has 22 heavy (non-hydrogen) atoms. The fraction of sp³-hybridized carbons (Fsp3) is 0.588. The zero-order chi connectivity index (χ0) is 15.7. The summed E-state index contributed by atoms with van der Waals surface area (Å²) in [5, 5.41) is 9.48. The van der Waals surface area contributed by atoms with Crippen LogP contribution in [0.15, 0.2) is 18.3 Å². The first kappa shape index (κ1) is 15.0. The van der Waals surface area contributed by atoms with Crippen molar-refractivity contribution in [1.29, 1.82) is 0 Å². The van der Waals surface area contributed by atoms with Crippen molar-refractivity contribution in [3.05, 3.63) is 29.6 Å². The highest BCUT2D eigenvalue weighted by molar-refractivity contribution is 5.86. The predicted molar refractivity (Wildman–Crippen MR) is 81.3 cm³/mol. The lowest BCUT2D eigenvalue weighted by molar-refractivity contribution is -0.149. The van der Waals surface area contributed by atoms with Gasteiger partial charge in [0.05, 0.1) is 6.42 Å². The Morgan fingerprint density at radius 2 is 2.09 bits per heavy atom. The second-order valence-corrected chi connectivity index (χ2v) is 6.49. The van der Waals surface area contributed by atoms with Gasteiger partial charge in [-0.1, -0.05) is 18.9 Å². The van der Waals surface area contributed by atoms with Crippen LogP contribution in [0.2, 0.25) is 0 Å². The number of hydrogen-bond acceptors (Lipinski definition) is 3. The maximum absolute atomic E-state index is 12.7. The van der Waals surface area contributed by atoms with E-state index in [0.29, 0.717) is 12.3 Å². The second-order valence-electron chi connectivity index (χ2n) is 6.49. The first-order valence-electron chi connectivity index (χ1n) is 8.02. The monoisotopic (exact) mass is 302 g/mol. The van der Waals surface area contributed by atoms with Crippen LogP contribution < -0.4 is 0 Å². The van der Waals surface area contributed by atoms with E-state index in [4.69, 9.17) is 0 Å². The van der Waals surface area contributed by atoms with Gasteiger partial charge < -0.3 is 10.0 Å². The standard InChI is InChI=1S/C17H22N2O3/c1-11-6-7-12(10-18-11)8-16(20)19-14-5-3-2-4-13(14)9-15(19)17(21)22/h6-7,10,13-15H,2-5,8-9H2,1H3,(H,21,22)/t13-,14+,15+/m1/s1. The van der Waals surface area contributed by atoms with E-state index < -0.39 is 12.0 Å². The third kappa shape index (κ3) is 2.85. The maximum atomic E-state index is 12.7. The Kier molecular flexibility index (Phi) is 4.14. The Morgan fingerprint density at radius 1 is 1.32 bits per heavy atom. The van der Waals surface area contributed by atoms with E-state index in [1.165, 1.54) is 0 Å². The first-order chi connectivity index (χ1) is 10.6. The molecule has 2 heterocycles. The van der Waals surface area contributed by atoms with Crippen LogP contribution in [0.1, 0.15) is 43.4 Å². The Morgan fingerprint density at radius 3 is 2.77 bits per heavy atom. The number of likely N-dealkylation sites (tertiary alicyclic amines) is 1. The van der Waals surface area contributed by atoms with Crippen molar-refractivity contribution in [2.24, 2.45) is 5.92 Å². The molecule has 1 aliphatic heterocycles. The summed E-state index contributed by atoms with van der Waals surface area (Å²) in [5.41, 5.74) is 1.76. The van der Waals surface area contributed by atoms with Gasteiger partial charge in [-0.3, -0.25) is 9.78 Å². The summed E-state index contributed by atoms with van der Waals surface area (Å²) in [6, 6.07) is 3.23. The van der Waals surface area contributed by atoms with E-state index >= 15 is 0 Å². The Hall–Kier alpha value is -1.91. The number of aromatic nitrogens is 1. The molecular weight excluding hydrogens is 280 g/mol. The number of carboxylic acid groups (broad SMARTS) is 1. The molecule has 0 radical (unpaired) electrons. The SMILES string of the molecule is Cc1ccc(CC(=O)N2[C@H](C(=O)O)C[C@H]3CCCC[C@@H]32)cn1. The van der Waals surface area contributed by atoms with E-state index in [1.807, 2.05) is 19.1 Å². The summed E-state index contributed by atoms with van der Waals surface area (Å²) in [6.45, 7) is 1.90. The number of hydrogen-bond donors (Lipinski definition) is 1. The van der Waals surface area contributed by atoms with Crippen molar-refractivity contribution in [3.63, 3.8) is 0 Å².